The van der Waals surface area contributed by atoms with Crippen LogP contribution in [0.1, 0.15) is 27.8 Å². The fourth-order valence-corrected chi connectivity index (χ4v) is 4.67. The van der Waals surface area contributed by atoms with Crippen molar-refractivity contribution in [1.82, 2.24) is 4.90 Å². The second kappa shape index (κ2) is 14.4. The van der Waals surface area contributed by atoms with Crippen LogP contribution in [0.5, 0.6) is 11.5 Å². The van der Waals surface area contributed by atoms with Crippen molar-refractivity contribution >= 4 is 35.6 Å². The van der Waals surface area contributed by atoms with Crippen molar-refractivity contribution in [1.29, 1.82) is 0 Å². The summed E-state index contributed by atoms with van der Waals surface area (Å²) in [5.74, 6) is -0.226. The first-order chi connectivity index (χ1) is 18.9. The van der Waals surface area contributed by atoms with Gasteiger partial charge >= 0.3 is 0 Å². The molecule has 0 atom stereocenters. The highest BCUT2D eigenvalue weighted by Crippen LogP contribution is 2.31. The smallest absolute Gasteiger partial charge is 0.128 e. The molecule has 0 fully saturated rings. The summed E-state index contributed by atoms with van der Waals surface area (Å²) in [6.07, 6.45) is 3.15. The number of nitrogens with zero attached hydrogens (tertiary/aromatic N) is 3. The number of phenolic OH excluding ortho intramolecular Hbond substituents is 2. The number of benzene rings is 3. The molecule has 3 aromatic carbocycles. The summed E-state index contributed by atoms with van der Waals surface area (Å²) >= 11 is 12.8. The molecule has 4 bridgehead atoms. The Balaban J connectivity index is 1.70. The number of ether oxygens (including phenoxy) is 2. The van der Waals surface area contributed by atoms with Crippen molar-refractivity contribution in [2.75, 3.05) is 39.5 Å². The van der Waals surface area contributed by atoms with Gasteiger partial charge in [0.25, 0.3) is 0 Å². The average Bonchev–Trinajstić information content (AvgIpc) is 2.90. The van der Waals surface area contributed by atoms with E-state index >= 15 is 0 Å². The van der Waals surface area contributed by atoms with Gasteiger partial charge in [-0.3, -0.25) is 14.9 Å². The normalized spacial score (nSPS) is 16.1. The van der Waals surface area contributed by atoms with E-state index in [-0.39, 0.29) is 30.4 Å². The molecule has 1 aliphatic heterocycles. The van der Waals surface area contributed by atoms with Gasteiger partial charge in [-0.25, -0.2) is 4.39 Å². The van der Waals surface area contributed by atoms with Crippen LogP contribution >= 0.6 is 23.2 Å². The molecule has 2 N–H and O–H groups in total. The molecular formula is C29H30Cl2FN3O4. The first-order valence-corrected chi connectivity index (χ1v) is 13.3. The van der Waals surface area contributed by atoms with Crippen LogP contribution in [0.2, 0.25) is 10.0 Å². The summed E-state index contributed by atoms with van der Waals surface area (Å²) in [7, 11) is 0. The molecule has 0 spiro atoms. The molecule has 1 aliphatic rings. The zero-order chi connectivity index (χ0) is 27.6. The number of rotatable bonds is 2. The van der Waals surface area contributed by atoms with Crippen molar-refractivity contribution in [3.05, 3.63) is 92.2 Å². The molecule has 4 rings (SSSR count). The van der Waals surface area contributed by atoms with E-state index in [2.05, 4.69) is 9.98 Å². The molecule has 10 heteroatoms. The molecule has 0 aliphatic carbocycles. The lowest BCUT2D eigenvalue weighted by Gasteiger charge is -2.24. The zero-order valence-electron chi connectivity index (χ0n) is 21.3. The molecule has 39 heavy (non-hydrogen) atoms. The molecule has 0 saturated heterocycles. The van der Waals surface area contributed by atoms with Crippen LogP contribution in [0.4, 0.5) is 4.39 Å². The summed E-state index contributed by atoms with van der Waals surface area (Å²) in [5.41, 5.74) is 2.98. The molecule has 7 nitrogen and oxygen atoms in total. The van der Waals surface area contributed by atoms with Crippen molar-refractivity contribution in [2.24, 2.45) is 9.98 Å². The summed E-state index contributed by atoms with van der Waals surface area (Å²) in [4.78, 5) is 10.7. The molecule has 0 unspecified atom stereocenters. The summed E-state index contributed by atoms with van der Waals surface area (Å²) < 4.78 is 24.6. The lowest BCUT2D eigenvalue weighted by molar-refractivity contribution is 0.0541. The maximum Gasteiger partial charge on any atom is 0.128 e. The number of phenols is 2. The van der Waals surface area contributed by atoms with E-state index in [0.29, 0.717) is 78.4 Å². The Morgan fingerprint density at radius 2 is 1.23 bits per heavy atom. The number of aliphatic imine (C=N–C) groups is 2. The van der Waals surface area contributed by atoms with E-state index in [1.807, 2.05) is 4.90 Å². The van der Waals surface area contributed by atoms with Crippen LogP contribution in [-0.2, 0) is 29.1 Å². The molecular weight excluding hydrogens is 544 g/mol. The number of hydrogen-bond acceptors (Lipinski definition) is 7. The first-order valence-electron chi connectivity index (χ1n) is 12.5. The lowest BCUT2D eigenvalue weighted by atomic mass is 10.1. The largest absolute Gasteiger partial charge is 0.507 e. The third-order valence-electron chi connectivity index (χ3n) is 6.04. The Morgan fingerprint density at radius 1 is 0.744 bits per heavy atom. The minimum absolute atomic E-state index is 0.0515. The Bertz CT molecular complexity index is 1240. The van der Waals surface area contributed by atoms with Crippen LogP contribution in [0, 0.1) is 5.82 Å². The predicted molar refractivity (Wildman–Crippen MR) is 152 cm³/mol. The van der Waals surface area contributed by atoms with Crippen LogP contribution in [0.3, 0.4) is 0 Å². The zero-order valence-corrected chi connectivity index (χ0v) is 22.8. The quantitative estimate of drug-likeness (QED) is 0.415. The van der Waals surface area contributed by atoms with Gasteiger partial charge < -0.3 is 19.7 Å². The highest BCUT2D eigenvalue weighted by molar-refractivity contribution is 6.31. The van der Waals surface area contributed by atoms with Crippen molar-refractivity contribution in [2.45, 2.75) is 19.6 Å². The SMILES string of the molecule is Oc1c2cc(Cl)cc1CN(Cc1ccc(F)cc1)Cc1cc(Cl)cc(c1O)C=NCCOCCOCCN=C2. The summed E-state index contributed by atoms with van der Waals surface area (Å²) in [5, 5.41) is 23.0. The molecule has 0 radical (unpaired) electrons. The monoisotopic (exact) mass is 573 g/mol. The average molecular weight is 574 g/mol. The molecule has 0 amide bonds. The van der Waals surface area contributed by atoms with Gasteiger partial charge in [-0.05, 0) is 42.0 Å². The third-order valence-corrected chi connectivity index (χ3v) is 6.47. The number of aromatic hydroxyl groups is 2. The maximum atomic E-state index is 13.6. The minimum Gasteiger partial charge on any atom is -0.507 e. The summed E-state index contributed by atoms with van der Waals surface area (Å²) in [6, 6.07) is 12.9. The Kier molecular flexibility index (Phi) is 10.7. The standard InChI is InChI=1S/C29H30Cl2FN3O4/c30-25-11-21-15-33-5-7-38-9-10-39-8-6-34-16-22-12-26(31)14-24(29(22)37)19-35(18-23(13-25)28(21)36)17-20-1-3-27(32)4-2-20/h1-4,11-16,36-37H,5-10,17-19H2. The van der Waals surface area contributed by atoms with E-state index in [9.17, 15) is 14.6 Å². The van der Waals surface area contributed by atoms with Gasteiger partial charge in [0.05, 0.1) is 39.5 Å². The number of halogens is 3. The van der Waals surface area contributed by atoms with Gasteiger partial charge in [0, 0.05) is 64.4 Å². The highest BCUT2D eigenvalue weighted by atomic mass is 35.5. The van der Waals surface area contributed by atoms with E-state index in [0.717, 1.165) is 5.56 Å². The lowest BCUT2D eigenvalue weighted by Crippen LogP contribution is -2.23. The van der Waals surface area contributed by atoms with E-state index in [1.54, 1.807) is 48.8 Å². The summed E-state index contributed by atoms with van der Waals surface area (Å²) in [6.45, 7) is 3.46. The maximum absolute atomic E-state index is 13.6. The molecule has 0 aromatic heterocycles. The minimum atomic E-state index is -0.329. The molecule has 0 saturated carbocycles. The molecule has 206 valence electrons. The fourth-order valence-electron chi connectivity index (χ4n) is 4.18. The first kappa shape index (κ1) is 29.0. The van der Waals surface area contributed by atoms with Crippen LogP contribution in [0.15, 0.2) is 58.5 Å². The van der Waals surface area contributed by atoms with Gasteiger partial charge in [0.1, 0.15) is 17.3 Å². The van der Waals surface area contributed by atoms with Crippen LogP contribution in [0.25, 0.3) is 0 Å². The van der Waals surface area contributed by atoms with Crippen molar-refractivity contribution < 1.29 is 24.1 Å². The van der Waals surface area contributed by atoms with Gasteiger partial charge in [-0.15, -0.1) is 0 Å². The van der Waals surface area contributed by atoms with Gasteiger partial charge in [0.15, 0.2) is 0 Å². The fraction of sp³-hybridized carbons (Fsp3) is 0.310. The van der Waals surface area contributed by atoms with Crippen LogP contribution in [-0.4, -0.2) is 67.1 Å². The predicted octanol–water partition coefficient (Wildman–Crippen LogP) is 5.63. The number of hydrogen-bond donors (Lipinski definition) is 2. The van der Waals surface area contributed by atoms with E-state index in [1.165, 1.54) is 12.1 Å². The van der Waals surface area contributed by atoms with Crippen molar-refractivity contribution in [3.8, 4) is 11.5 Å². The van der Waals surface area contributed by atoms with Crippen molar-refractivity contribution in [3.63, 3.8) is 0 Å². The third kappa shape index (κ3) is 8.74. The van der Waals surface area contributed by atoms with Gasteiger partial charge in [0.2, 0.25) is 0 Å². The Hall–Kier alpha value is -3.01. The van der Waals surface area contributed by atoms with Gasteiger partial charge in [-0.2, -0.15) is 0 Å². The molecule has 3 aromatic rings. The Labute approximate surface area is 237 Å². The van der Waals surface area contributed by atoms with Gasteiger partial charge in [-0.1, -0.05) is 35.3 Å². The second-order valence-electron chi connectivity index (χ2n) is 9.07. The second-order valence-corrected chi connectivity index (χ2v) is 9.95. The topological polar surface area (TPSA) is 86.9 Å². The van der Waals surface area contributed by atoms with Crippen LogP contribution < -0.4 is 0 Å². The van der Waals surface area contributed by atoms with E-state index < -0.39 is 0 Å². The number of fused-ring (bicyclic) bond motifs is 4. The Morgan fingerprint density at radius 3 is 1.72 bits per heavy atom. The molecule has 1 heterocycles. The highest BCUT2D eigenvalue weighted by Gasteiger charge is 2.17. The van der Waals surface area contributed by atoms with E-state index in [4.69, 9.17) is 32.7 Å².